The average Bonchev–Trinajstić information content (AvgIpc) is 2.37. The molecule has 0 aliphatic carbocycles. The Morgan fingerprint density at radius 3 is 2.32 bits per heavy atom. The summed E-state index contributed by atoms with van der Waals surface area (Å²) in [7, 11) is 0. The van der Waals surface area contributed by atoms with Crippen LogP contribution in [0.3, 0.4) is 0 Å². The summed E-state index contributed by atoms with van der Waals surface area (Å²) in [5, 5.41) is 9.18. The SMILES string of the molecule is CCCC1(CCC)CN(Cc2cccc(CO)c2)C1. The predicted molar refractivity (Wildman–Crippen MR) is 79.9 cm³/mol. The minimum absolute atomic E-state index is 0.142. The van der Waals surface area contributed by atoms with Crippen molar-refractivity contribution in [3.05, 3.63) is 35.4 Å². The topological polar surface area (TPSA) is 23.5 Å². The standard InChI is InChI=1S/C17H27NO/c1-3-8-17(9-4-2)13-18(14-17)11-15-6-5-7-16(10-15)12-19/h5-7,10,19H,3-4,8-9,11-14H2,1-2H3. The molecule has 1 aromatic carbocycles. The van der Waals surface area contributed by atoms with Gasteiger partial charge in [-0.3, -0.25) is 4.90 Å². The molecule has 1 aliphatic rings. The van der Waals surface area contributed by atoms with Crippen LogP contribution in [0.2, 0.25) is 0 Å². The van der Waals surface area contributed by atoms with E-state index in [1.165, 1.54) is 44.3 Å². The minimum Gasteiger partial charge on any atom is -0.392 e. The number of hydrogen-bond donors (Lipinski definition) is 1. The molecule has 2 rings (SSSR count). The van der Waals surface area contributed by atoms with Crippen LogP contribution in [-0.2, 0) is 13.2 Å². The van der Waals surface area contributed by atoms with E-state index < -0.39 is 0 Å². The Morgan fingerprint density at radius 1 is 1.11 bits per heavy atom. The van der Waals surface area contributed by atoms with E-state index >= 15 is 0 Å². The second-order valence-electron chi connectivity index (χ2n) is 6.12. The predicted octanol–water partition coefficient (Wildman–Crippen LogP) is 3.58. The monoisotopic (exact) mass is 261 g/mol. The van der Waals surface area contributed by atoms with E-state index in [9.17, 15) is 5.11 Å². The molecule has 0 saturated carbocycles. The summed E-state index contributed by atoms with van der Waals surface area (Å²) in [6, 6.07) is 8.32. The van der Waals surface area contributed by atoms with Gasteiger partial charge in [-0.25, -0.2) is 0 Å². The normalized spacial score (nSPS) is 18.3. The largest absolute Gasteiger partial charge is 0.392 e. The van der Waals surface area contributed by atoms with Crippen LogP contribution in [0.15, 0.2) is 24.3 Å². The number of hydrogen-bond acceptors (Lipinski definition) is 2. The Hall–Kier alpha value is -0.860. The van der Waals surface area contributed by atoms with Crippen molar-refractivity contribution in [2.24, 2.45) is 5.41 Å². The highest BCUT2D eigenvalue weighted by Gasteiger charge is 2.40. The van der Waals surface area contributed by atoms with Crippen LogP contribution in [0.25, 0.3) is 0 Å². The Kier molecular flexibility index (Phi) is 5.00. The fourth-order valence-electron chi connectivity index (χ4n) is 3.60. The Bertz CT molecular complexity index is 388. The molecular weight excluding hydrogens is 234 g/mol. The highest BCUT2D eigenvalue weighted by atomic mass is 16.3. The third kappa shape index (κ3) is 3.58. The highest BCUT2D eigenvalue weighted by Crippen LogP contribution is 2.40. The van der Waals surface area contributed by atoms with Crippen molar-refractivity contribution in [1.29, 1.82) is 0 Å². The molecule has 19 heavy (non-hydrogen) atoms. The van der Waals surface area contributed by atoms with Gasteiger partial charge in [-0.2, -0.15) is 0 Å². The molecule has 106 valence electrons. The lowest BCUT2D eigenvalue weighted by molar-refractivity contribution is -0.0203. The summed E-state index contributed by atoms with van der Waals surface area (Å²) in [5.74, 6) is 0. The third-order valence-electron chi connectivity index (χ3n) is 4.26. The zero-order valence-electron chi connectivity index (χ0n) is 12.4. The first-order valence-electron chi connectivity index (χ1n) is 7.62. The second kappa shape index (κ2) is 6.53. The molecule has 0 unspecified atom stereocenters. The summed E-state index contributed by atoms with van der Waals surface area (Å²) in [5.41, 5.74) is 2.94. The average molecular weight is 261 g/mol. The van der Waals surface area contributed by atoms with Crippen LogP contribution in [0.1, 0.15) is 50.7 Å². The van der Waals surface area contributed by atoms with E-state index in [1.54, 1.807) is 0 Å². The molecule has 1 saturated heterocycles. The van der Waals surface area contributed by atoms with E-state index in [0.717, 1.165) is 12.1 Å². The van der Waals surface area contributed by atoms with E-state index in [1.807, 2.05) is 12.1 Å². The number of rotatable bonds is 7. The van der Waals surface area contributed by atoms with Crippen LogP contribution in [-0.4, -0.2) is 23.1 Å². The van der Waals surface area contributed by atoms with Crippen molar-refractivity contribution < 1.29 is 5.11 Å². The Labute approximate surface area is 117 Å². The summed E-state index contributed by atoms with van der Waals surface area (Å²) in [4.78, 5) is 2.54. The first-order valence-corrected chi connectivity index (χ1v) is 7.62. The van der Waals surface area contributed by atoms with Crippen molar-refractivity contribution in [2.75, 3.05) is 13.1 Å². The molecule has 2 nitrogen and oxygen atoms in total. The third-order valence-corrected chi connectivity index (χ3v) is 4.26. The molecule has 2 heteroatoms. The lowest BCUT2D eigenvalue weighted by Gasteiger charge is -2.51. The number of benzene rings is 1. The lowest BCUT2D eigenvalue weighted by atomic mass is 9.72. The van der Waals surface area contributed by atoms with E-state index in [4.69, 9.17) is 0 Å². The zero-order chi connectivity index (χ0) is 13.7. The minimum atomic E-state index is 0.142. The van der Waals surface area contributed by atoms with Crippen LogP contribution in [0.5, 0.6) is 0 Å². The van der Waals surface area contributed by atoms with Gasteiger partial charge in [-0.05, 0) is 29.4 Å². The van der Waals surface area contributed by atoms with Gasteiger partial charge in [0.15, 0.2) is 0 Å². The molecule has 0 bridgehead atoms. The molecule has 1 aromatic rings. The molecule has 0 atom stereocenters. The van der Waals surface area contributed by atoms with E-state index in [0.29, 0.717) is 5.41 Å². The Morgan fingerprint density at radius 2 is 1.74 bits per heavy atom. The fraction of sp³-hybridized carbons (Fsp3) is 0.647. The molecule has 0 spiro atoms. The number of nitrogens with zero attached hydrogens (tertiary/aromatic N) is 1. The van der Waals surface area contributed by atoms with Crippen LogP contribution in [0, 0.1) is 5.41 Å². The quantitative estimate of drug-likeness (QED) is 0.811. The van der Waals surface area contributed by atoms with Gasteiger partial charge in [0.1, 0.15) is 0 Å². The molecule has 1 heterocycles. The van der Waals surface area contributed by atoms with Crippen molar-refractivity contribution >= 4 is 0 Å². The maximum Gasteiger partial charge on any atom is 0.0681 e. The van der Waals surface area contributed by atoms with E-state index in [2.05, 4.69) is 30.9 Å². The molecule has 0 amide bonds. The summed E-state index contributed by atoms with van der Waals surface area (Å²) >= 11 is 0. The molecule has 1 N–H and O–H groups in total. The van der Waals surface area contributed by atoms with Gasteiger partial charge in [0, 0.05) is 19.6 Å². The van der Waals surface area contributed by atoms with Gasteiger partial charge in [0.25, 0.3) is 0 Å². The summed E-state index contributed by atoms with van der Waals surface area (Å²) in [6.45, 7) is 8.26. The number of likely N-dealkylation sites (tertiary alicyclic amines) is 1. The van der Waals surface area contributed by atoms with Crippen molar-refractivity contribution in [3.8, 4) is 0 Å². The van der Waals surface area contributed by atoms with Crippen molar-refractivity contribution in [1.82, 2.24) is 4.90 Å². The summed E-state index contributed by atoms with van der Waals surface area (Å²) < 4.78 is 0. The molecule has 0 aromatic heterocycles. The lowest BCUT2D eigenvalue weighted by Crippen LogP contribution is -2.55. The molecule has 0 radical (unpaired) electrons. The number of aliphatic hydroxyl groups excluding tert-OH is 1. The van der Waals surface area contributed by atoms with Gasteiger partial charge in [0.2, 0.25) is 0 Å². The van der Waals surface area contributed by atoms with Gasteiger partial charge in [0.05, 0.1) is 6.61 Å². The van der Waals surface area contributed by atoms with Crippen LogP contribution in [0.4, 0.5) is 0 Å². The second-order valence-corrected chi connectivity index (χ2v) is 6.12. The van der Waals surface area contributed by atoms with Crippen molar-refractivity contribution in [3.63, 3.8) is 0 Å². The summed E-state index contributed by atoms with van der Waals surface area (Å²) in [6.07, 6.45) is 5.34. The molecule has 1 aliphatic heterocycles. The maximum absolute atomic E-state index is 9.18. The highest BCUT2D eigenvalue weighted by molar-refractivity contribution is 5.23. The van der Waals surface area contributed by atoms with E-state index in [-0.39, 0.29) is 6.61 Å². The molecular formula is C17H27NO. The maximum atomic E-state index is 9.18. The van der Waals surface area contributed by atoms with Gasteiger partial charge < -0.3 is 5.11 Å². The first-order chi connectivity index (χ1) is 9.21. The van der Waals surface area contributed by atoms with Gasteiger partial charge in [-0.15, -0.1) is 0 Å². The van der Waals surface area contributed by atoms with Crippen LogP contribution >= 0.6 is 0 Å². The van der Waals surface area contributed by atoms with Crippen molar-refractivity contribution in [2.45, 2.75) is 52.7 Å². The van der Waals surface area contributed by atoms with Crippen LogP contribution < -0.4 is 0 Å². The first kappa shape index (κ1) is 14.5. The smallest absolute Gasteiger partial charge is 0.0681 e. The number of aliphatic hydroxyl groups is 1. The fourth-order valence-corrected chi connectivity index (χ4v) is 3.60. The van der Waals surface area contributed by atoms with Gasteiger partial charge in [-0.1, -0.05) is 51.0 Å². The zero-order valence-corrected chi connectivity index (χ0v) is 12.4. The Balaban J connectivity index is 1.89. The van der Waals surface area contributed by atoms with Gasteiger partial charge >= 0.3 is 0 Å². The molecule has 1 fully saturated rings.